The summed E-state index contributed by atoms with van der Waals surface area (Å²) in [6, 6.07) is 13.2. The summed E-state index contributed by atoms with van der Waals surface area (Å²) in [5.74, 6) is 0.746. The molecule has 2 aromatic rings. The molecular formula is C22H26O6. The van der Waals surface area contributed by atoms with Gasteiger partial charge in [0.1, 0.15) is 5.75 Å². The van der Waals surface area contributed by atoms with E-state index >= 15 is 0 Å². The van der Waals surface area contributed by atoms with Crippen LogP contribution in [-0.4, -0.2) is 38.0 Å². The highest BCUT2D eigenvalue weighted by Gasteiger charge is 2.10. The minimum atomic E-state index is -1.11. The summed E-state index contributed by atoms with van der Waals surface area (Å²) in [4.78, 5) is 11.2. The van der Waals surface area contributed by atoms with Gasteiger partial charge in [0.05, 0.1) is 26.9 Å². The van der Waals surface area contributed by atoms with E-state index in [0.717, 1.165) is 17.7 Å². The van der Waals surface area contributed by atoms with Gasteiger partial charge in [-0.1, -0.05) is 18.2 Å². The van der Waals surface area contributed by atoms with Crippen molar-refractivity contribution in [3.8, 4) is 17.2 Å². The molecule has 0 amide bonds. The molecule has 2 rings (SSSR count). The Bertz CT molecular complexity index is 795. The molecule has 0 aliphatic carbocycles. The molecule has 0 heterocycles. The van der Waals surface area contributed by atoms with Crippen molar-refractivity contribution in [1.82, 2.24) is 0 Å². The minimum Gasteiger partial charge on any atom is -0.494 e. The predicted octanol–water partition coefficient (Wildman–Crippen LogP) is 4.18. The van der Waals surface area contributed by atoms with Crippen molar-refractivity contribution >= 4 is 12.0 Å². The zero-order chi connectivity index (χ0) is 20.4. The second-order valence-electron chi connectivity index (χ2n) is 5.83. The van der Waals surface area contributed by atoms with E-state index in [0.29, 0.717) is 30.3 Å². The number of hydrogen-bond acceptors (Lipinski definition) is 5. The lowest BCUT2D eigenvalue weighted by molar-refractivity contribution is -0.136. The molecular weight excluding hydrogens is 360 g/mol. The van der Waals surface area contributed by atoms with E-state index in [-0.39, 0.29) is 12.4 Å². The highest BCUT2D eigenvalue weighted by atomic mass is 16.5. The van der Waals surface area contributed by atoms with Crippen LogP contribution in [0.4, 0.5) is 0 Å². The van der Waals surface area contributed by atoms with Crippen LogP contribution in [0.2, 0.25) is 0 Å². The molecule has 0 bridgehead atoms. The van der Waals surface area contributed by atoms with E-state index in [9.17, 15) is 4.79 Å². The lowest BCUT2D eigenvalue weighted by atomic mass is 10.1. The number of benzene rings is 2. The molecule has 2 aromatic carbocycles. The predicted molar refractivity (Wildman–Crippen MR) is 107 cm³/mol. The Morgan fingerprint density at radius 3 is 2.36 bits per heavy atom. The standard InChI is InChI=1S/C22H26O6/c1-4-26-18-9-6-16(7-10-18)12-13-28-19-11-8-17(14-20(19)25-3)15-21(22(23)24)27-5-2/h6-11,14-15H,4-5,12-13H2,1-3H3,(H,23,24). The smallest absolute Gasteiger partial charge is 0.371 e. The second kappa shape index (κ2) is 10.9. The van der Waals surface area contributed by atoms with E-state index in [1.54, 1.807) is 32.2 Å². The number of ether oxygens (including phenoxy) is 4. The summed E-state index contributed by atoms with van der Waals surface area (Å²) in [5, 5.41) is 9.16. The van der Waals surface area contributed by atoms with E-state index in [4.69, 9.17) is 24.1 Å². The third kappa shape index (κ3) is 6.23. The topological polar surface area (TPSA) is 74.2 Å². The summed E-state index contributed by atoms with van der Waals surface area (Å²) in [5.41, 5.74) is 1.80. The summed E-state index contributed by atoms with van der Waals surface area (Å²) in [6.07, 6.45) is 2.20. The summed E-state index contributed by atoms with van der Waals surface area (Å²) >= 11 is 0. The fourth-order valence-corrected chi connectivity index (χ4v) is 2.56. The molecule has 28 heavy (non-hydrogen) atoms. The van der Waals surface area contributed by atoms with E-state index in [2.05, 4.69) is 0 Å². The third-order valence-electron chi connectivity index (χ3n) is 3.88. The average molecular weight is 386 g/mol. The number of methoxy groups -OCH3 is 1. The number of aliphatic carboxylic acids is 1. The first-order chi connectivity index (χ1) is 13.6. The lowest BCUT2D eigenvalue weighted by Gasteiger charge is -2.12. The Labute approximate surface area is 165 Å². The van der Waals surface area contributed by atoms with Crippen molar-refractivity contribution in [2.24, 2.45) is 0 Å². The SMILES string of the molecule is CCOC(=Cc1ccc(OCCc2ccc(OCC)cc2)c(OC)c1)C(=O)O. The zero-order valence-electron chi connectivity index (χ0n) is 16.4. The monoisotopic (exact) mass is 386 g/mol. The first-order valence-corrected chi connectivity index (χ1v) is 9.17. The summed E-state index contributed by atoms with van der Waals surface area (Å²) in [7, 11) is 1.54. The maximum atomic E-state index is 11.2. The molecule has 0 aliphatic rings. The van der Waals surface area contributed by atoms with Gasteiger partial charge in [-0.3, -0.25) is 0 Å². The zero-order valence-corrected chi connectivity index (χ0v) is 16.4. The molecule has 0 saturated heterocycles. The van der Waals surface area contributed by atoms with Crippen LogP contribution >= 0.6 is 0 Å². The lowest BCUT2D eigenvalue weighted by Crippen LogP contribution is -2.05. The van der Waals surface area contributed by atoms with Crippen LogP contribution < -0.4 is 14.2 Å². The van der Waals surface area contributed by atoms with Gasteiger partial charge >= 0.3 is 5.97 Å². The maximum absolute atomic E-state index is 11.2. The minimum absolute atomic E-state index is 0.117. The maximum Gasteiger partial charge on any atom is 0.371 e. The van der Waals surface area contributed by atoms with Crippen LogP contribution in [0.15, 0.2) is 48.2 Å². The fourth-order valence-electron chi connectivity index (χ4n) is 2.56. The number of carbonyl (C=O) groups is 1. The number of carboxylic acid groups (broad SMARTS) is 1. The Balaban J connectivity index is 2.01. The Morgan fingerprint density at radius 2 is 1.75 bits per heavy atom. The highest BCUT2D eigenvalue weighted by Crippen LogP contribution is 2.29. The molecule has 0 aromatic heterocycles. The molecule has 6 nitrogen and oxygen atoms in total. The second-order valence-corrected chi connectivity index (χ2v) is 5.83. The van der Waals surface area contributed by atoms with Gasteiger partial charge in [0.15, 0.2) is 11.5 Å². The fraction of sp³-hybridized carbons (Fsp3) is 0.318. The Kier molecular flexibility index (Phi) is 8.21. The Morgan fingerprint density at radius 1 is 1.00 bits per heavy atom. The van der Waals surface area contributed by atoms with Gasteiger partial charge in [0.2, 0.25) is 5.76 Å². The highest BCUT2D eigenvalue weighted by molar-refractivity contribution is 5.90. The van der Waals surface area contributed by atoms with Gasteiger partial charge in [-0.25, -0.2) is 4.79 Å². The quantitative estimate of drug-likeness (QED) is 0.461. The third-order valence-corrected chi connectivity index (χ3v) is 3.88. The van der Waals surface area contributed by atoms with Gasteiger partial charge in [-0.15, -0.1) is 0 Å². The first-order valence-electron chi connectivity index (χ1n) is 9.17. The van der Waals surface area contributed by atoms with Gasteiger partial charge in [0.25, 0.3) is 0 Å². The average Bonchev–Trinajstić information content (AvgIpc) is 2.70. The molecule has 0 saturated carbocycles. The van der Waals surface area contributed by atoms with Gasteiger partial charge < -0.3 is 24.1 Å². The van der Waals surface area contributed by atoms with Crippen LogP contribution in [0.25, 0.3) is 6.08 Å². The van der Waals surface area contributed by atoms with Crippen LogP contribution in [0.5, 0.6) is 17.2 Å². The first kappa shape index (κ1) is 21.2. The van der Waals surface area contributed by atoms with Gasteiger partial charge in [-0.2, -0.15) is 0 Å². The van der Waals surface area contributed by atoms with E-state index in [1.807, 2.05) is 31.2 Å². The molecule has 0 unspecified atom stereocenters. The van der Waals surface area contributed by atoms with Crippen molar-refractivity contribution < 1.29 is 28.8 Å². The molecule has 0 atom stereocenters. The number of hydrogen-bond donors (Lipinski definition) is 1. The largest absolute Gasteiger partial charge is 0.494 e. The molecule has 1 N–H and O–H groups in total. The molecule has 0 aliphatic heterocycles. The normalized spacial score (nSPS) is 11.0. The number of carboxylic acids is 1. The molecule has 6 heteroatoms. The van der Waals surface area contributed by atoms with Gasteiger partial charge in [0, 0.05) is 6.42 Å². The van der Waals surface area contributed by atoms with Crippen LogP contribution in [-0.2, 0) is 16.0 Å². The van der Waals surface area contributed by atoms with Crippen LogP contribution in [0, 0.1) is 0 Å². The van der Waals surface area contributed by atoms with Gasteiger partial charge in [-0.05, 0) is 55.3 Å². The van der Waals surface area contributed by atoms with Crippen LogP contribution in [0.3, 0.4) is 0 Å². The molecule has 0 radical (unpaired) electrons. The summed E-state index contributed by atoms with van der Waals surface area (Å²) < 4.78 is 21.8. The summed E-state index contributed by atoms with van der Waals surface area (Å²) in [6.45, 7) is 5.10. The van der Waals surface area contributed by atoms with Crippen LogP contribution in [0.1, 0.15) is 25.0 Å². The molecule has 0 fully saturated rings. The van der Waals surface area contributed by atoms with Crippen molar-refractivity contribution in [3.05, 3.63) is 59.4 Å². The Hall–Kier alpha value is -3.15. The van der Waals surface area contributed by atoms with E-state index in [1.165, 1.54) is 6.08 Å². The van der Waals surface area contributed by atoms with E-state index < -0.39 is 5.97 Å². The molecule has 150 valence electrons. The molecule has 0 spiro atoms. The van der Waals surface area contributed by atoms with Crippen molar-refractivity contribution in [1.29, 1.82) is 0 Å². The number of rotatable bonds is 11. The van der Waals surface area contributed by atoms with Crippen molar-refractivity contribution in [2.75, 3.05) is 26.9 Å². The van der Waals surface area contributed by atoms with Crippen molar-refractivity contribution in [3.63, 3.8) is 0 Å². The van der Waals surface area contributed by atoms with Crippen molar-refractivity contribution in [2.45, 2.75) is 20.3 Å².